The number of hydrogen-bond acceptors (Lipinski definition) is 2. The fourth-order valence-electron chi connectivity index (χ4n) is 3.07. The molecule has 3 aliphatic carbocycles. The van der Waals surface area contributed by atoms with Crippen LogP contribution in [0, 0.1) is 11.3 Å². The second-order valence-corrected chi connectivity index (χ2v) is 5.22. The van der Waals surface area contributed by atoms with E-state index in [-0.39, 0.29) is 17.0 Å². The Bertz CT molecular complexity index is 314. The van der Waals surface area contributed by atoms with E-state index >= 15 is 0 Å². The van der Waals surface area contributed by atoms with Gasteiger partial charge in [0, 0.05) is 18.8 Å². The van der Waals surface area contributed by atoms with E-state index in [4.69, 9.17) is 4.74 Å². The van der Waals surface area contributed by atoms with E-state index in [0.717, 1.165) is 12.8 Å². The molecule has 0 amide bonds. The maximum Gasteiger partial charge on any atom is 0.303 e. The van der Waals surface area contributed by atoms with Gasteiger partial charge in [-0.05, 0) is 19.3 Å². The van der Waals surface area contributed by atoms with Crippen molar-refractivity contribution in [2.45, 2.75) is 46.1 Å². The number of rotatable bonds is 1. The molecule has 0 aromatic rings. The van der Waals surface area contributed by atoms with Gasteiger partial charge in [-0.3, -0.25) is 4.79 Å². The average molecular weight is 194 g/mol. The van der Waals surface area contributed by atoms with Gasteiger partial charge >= 0.3 is 5.97 Å². The highest BCUT2D eigenvalue weighted by Gasteiger charge is 2.64. The van der Waals surface area contributed by atoms with Gasteiger partial charge in [0.05, 0.1) is 0 Å². The zero-order valence-electron chi connectivity index (χ0n) is 9.39. The average Bonchev–Trinajstić information content (AvgIpc) is 2.06. The summed E-state index contributed by atoms with van der Waals surface area (Å²) in [4.78, 5) is 11.1. The van der Waals surface area contributed by atoms with Gasteiger partial charge in [0.2, 0.25) is 0 Å². The Morgan fingerprint density at radius 3 is 2.64 bits per heavy atom. The second kappa shape index (κ2) is 2.62. The number of carbonyl (C=O) groups is 1. The van der Waals surface area contributed by atoms with E-state index in [9.17, 15) is 4.79 Å². The summed E-state index contributed by atoms with van der Waals surface area (Å²) in [6, 6.07) is 0. The minimum Gasteiger partial charge on any atom is -0.458 e. The first-order chi connectivity index (χ1) is 6.39. The minimum atomic E-state index is -0.205. The predicted octanol–water partition coefficient (Wildman–Crippen LogP) is 2.68. The third-order valence-electron chi connectivity index (χ3n) is 4.22. The first-order valence-corrected chi connectivity index (χ1v) is 5.25. The molecule has 0 N–H and O–H groups in total. The Balaban J connectivity index is 2.28. The number of carbonyl (C=O) groups excluding carboxylic acids is 1. The summed E-state index contributed by atoms with van der Waals surface area (Å²) >= 11 is 0. The molecule has 2 heteroatoms. The molecule has 3 aliphatic rings. The normalized spacial score (nSPS) is 38.3. The molecule has 1 saturated carbocycles. The van der Waals surface area contributed by atoms with Crippen molar-refractivity contribution < 1.29 is 9.53 Å². The summed E-state index contributed by atoms with van der Waals surface area (Å²) in [7, 11) is 0. The number of ether oxygens (including phenoxy) is 1. The topological polar surface area (TPSA) is 26.3 Å². The molecule has 2 atom stereocenters. The van der Waals surface area contributed by atoms with Gasteiger partial charge in [-0.25, -0.2) is 0 Å². The van der Waals surface area contributed by atoms with E-state index < -0.39 is 0 Å². The van der Waals surface area contributed by atoms with E-state index in [1.165, 1.54) is 12.5 Å². The van der Waals surface area contributed by atoms with Crippen molar-refractivity contribution in [3.63, 3.8) is 0 Å². The molecule has 0 spiro atoms. The van der Waals surface area contributed by atoms with Crippen molar-refractivity contribution in [1.29, 1.82) is 0 Å². The van der Waals surface area contributed by atoms with Crippen LogP contribution in [0.1, 0.15) is 40.5 Å². The third kappa shape index (κ3) is 0.999. The molecule has 0 aromatic carbocycles. The van der Waals surface area contributed by atoms with E-state index in [2.05, 4.69) is 26.8 Å². The van der Waals surface area contributed by atoms with Crippen LogP contribution in [-0.2, 0) is 9.53 Å². The molecule has 0 radical (unpaired) electrons. The molecule has 78 valence electrons. The number of hydrogen-bond donors (Lipinski definition) is 0. The van der Waals surface area contributed by atoms with Gasteiger partial charge in [-0.1, -0.05) is 25.5 Å². The molecular formula is C12H18O2. The summed E-state index contributed by atoms with van der Waals surface area (Å²) in [6.07, 6.45) is 4.13. The van der Waals surface area contributed by atoms with Crippen LogP contribution >= 0.6 is 0 Å². The highest BCUT2D eigenvalue weighted by Crippen LogP contribution is 2.63. The van der Waals surface area contributed by atoms with Gasteiger partial charge < -0.3 is 4.74 Å². The Hall–Kier alpha value is -0.790. The lowest BCUT2D eigenvalue weighted by atomic mass is 9.46. The van der Waals surface area contributed by atoms with Crippen LogP contribution in [-0.4, -0.2) is 11.6 Å². The molecule has 2 bridgehead atoms. The first kappa shape index (κ1) is 9.75. The van der Waals surface area contributed by atoms with Crippen molar-refractivity contribution in [1.82, 2.24) is 0 Å². The summed E-state index contributed by atoms with van der Waals surface area (Å²) in [5.41, 5.74) is 1.38. The van der Waals surface area contributed by atoms with E-state index in [1.807, 2.05) is 0 Å². The fourth-order valence-corrected chi connectivity index (χ4v) is 3.07. The second-order valence-electron chi connectivity index (χ2n) is 5.22. The van der Waals surface area contributed by atoms with Crippen LogP contribution < -0.4 is 0 Å². The zero-order chi connectivity index (χ0) is 10.6. The first-order valence-electron chi connectivity index (χ1n) is 5.25. The van der Waals surface area contributed by atoms with Gasteiger partial charge in [0.15, 0.2) is 0 Å². The lowest BCUT2D eigenvalue weighted by Gasteiger charge is -2.63. The molecule has 2 unspecified atom stereocenters. The number of fused-ring (bicyclic) bond motifs is 1. The fraction of sp³-hybridized carbons (Fsp3) is 0.750. The van der Waals surface area contributed by atoms with Crippen molar-refractivity contribution >= 4 is 5.97 Å². The van der Waals surface area contributed by atoms with Crippen LogP contribution in [0.15, 0.2) is 11.6 Å². The summed E-state index contributed by atoms with van der Waals surface area (Å²) < 4.78 is 5.52. The predicted molar refractivity (Wildman–Crippen MR) is 54.8 cm³/mol. The highest BCUT2D eigenvalue weighted by atomic mass is 16.6. The molecule has 0 saturated heterocycles. The van der Waals surface area contributed by atoms with Crippen LogP contribution in [0.2, 0.25) is 0 Å². The quantitative estimate of drug-likeness (QED) is 0.474. The van der Waals surface area contributed by atoms with Gasteiger partial charge in [0.1, 0.15) is 5.60 Å². The SMILES string of the molecule is CC(=O)OC12CC=C(C)C(C1)C2(C)C. The lowest BCUT2D eigenvalue weighted by molar-refractivity contribution is -0.220. The molecule has 0 heterocycles. The summed E-state index contributed by atoms with van der Waals surface area (Å²) in [6.45, 7) is 8.10. The molecular weight excluding hydrogens is 176 g/mol. The highest BCUT2D eigenvalue weighted by molar-refractivity contribution is 5.67. The molecule has 1 fully saturated rings. The smallest absolute Gasteiger partial charge is 0.303 e. The standard InChI is InChI=1S/C12H18O2/c1-8-5-6-12(14-9(2)13)7-10(8)11(12,3)4/h5,10H,6-7H2,1-4H3. The largest absolute Gasteiger partial charge is 0.458 e. The van der Waals surface area contributed by atoms with Crippen LogP contribution in [0.25, 0.3) is 0 Å². The Morgan fingerprint density at radius 2 is 2.21 bits per heavy atom. The lowest BCUT2D eigenvalue weighted by Crippen LogP contribution is -2.64. The van der Waals surface area contributed by atoms with E-state index in [1.54, 1.807) is 0 Å². The van der Waals surface area contributed by atoms with Crippen molar-refractivity contribution in [2.75, 3.05) is 0 Å². The maximum absolute atomic E-state index is 11.1. The number of esters is 1. The zero-order valence-corrected chi connectivity index (χ0v) is 9.39. The van der Waals surface area contributed by atoms with Gasteiger partial charge in [-0.2, -0.15) is 0 Å². The van der Waals surface area contributed by atoms with Crippen LogP contribution in [0.3, 0.4) is 0 Å². The molecule has 14 heavy (non-hydrogen) atoms. The van der Waals surface area contributed by atoms with Crippen molar-refractivity contribution in [2.24, 2.45) is 11.3 Å². The molecule has 2 nitrogen and oxygen atoms in total. The molecule has 0 aliphatic heterocycles. The maximum atomic E-state index is 11.1. The summed E-state index contributed by atoms with van der Waals surface area (Å²) in [5, 5.41) is 0. The van der Waals surface area contributed by atoms with Crippen molar-refractivity contribution in [3.8, 4) is 0 Å². The molecule has 0 aromatic heterocycles. The third-order valence-corrected chi connectivity index (χ3v) is 4.22. The van der Waals surface area contributed by atoms with Crippen LogP contribution in [0.5, 0.6) is 0 Å². The Labute approximate surface area is 85.3 Å². The van der Waals surface area contributed by atoms with Gasteiger partial charge in [-0.15, -0.1) is 0 Å². The summed E-state index contributed by atoms with van der Waals surface area (Å²) in [5.74, 6) is 0.458. The Morgan fingerprint density at radius 1 is 1.57 bits per heavy atom. The molecule has 3 rings (SSSR count). The Kier molecular flexibility index (Phi) is 1.82. The van der Waals surface area contributed by atoms with Gasteiger partial charge in [0.25, 0.3) is 0 Å². The minimum absolute atomic E-state index is 0.123. The monoisotopic (exact) mass is 194 g/mol. The van der Waals surface area contributed by atoms with Crippen molar-refractivity contribution in [3.05, 3.63) is 11.6 Å². The van der Waals surface area contributed by atoms with Crippen LogP contribution in [0.4, 0.5) is 0 Å². The number of allylic oxidation sites excluding steroid dienone is 1. The van der Waals surface area contributed by atoms with E-state index in [0.29, 0.717) is 5.92 Å².